The van der Waals surface area contributed by atoms with E-state index in [1.807, 2.05) is 13.0 Å². The lowest BCUT2D eigenvalue weighted by atomic mass is 10.1. The van der Waals surface area contributed by atoms with E-state index in [-0.39, 0.29) is 11.9 Å². The second-order valence-electron chi connectivity index (χ2n) is 5.41. The molecule has 0 aliphatic heterocycles. The molecule has 0 aromatic heterocycles. The van der Waals surface area contributed by atoms with Crippen LogP contribution in [-0.4, -0.2) is 13.2 Å². The Morgan fingerprint density at radius 1 is 1.42 bits per heavy atom. The van der Waals surface area contributed by atoms with Crippen molar-refractivity contribution in [3.8, 4) is 5.75 Å². The van der Waals surface area contributed by atoms with Crippen LogP contribution in [0.5, 0.6) is 5.75 Å². The lowest BCUT2D eigenvalue weighted by Crippen LogP contribution is -2.21. The van der Waals surface area contributed by atoms with Crippen LogP contribution < -0.4 is 10.1 Å². The van der Waals surface area contributed by atoms with Gasteiger partial charge in [0.1, 0.15) is 11.6 Å². The second kappa shape index (κ2) is 6.90. The fourth-order valence-corrected chi connectivity index (χ4v) is 2.27. The fraction of sp³-hybridized carbons (Fsp3) is 0.625. The van der Waals surface area contributed by atoms with Crippen LogP contribution in [0, 0.1) is 11.7 Å². The average molecular weight is 265 g/mol. The average Bonchev–Trinajstić information content (AvgIpc) is 3.20. The summed E-state index contributed by atoms with van der Waals surface area (Å²) >= 11 is 0. The minimum atomic E-state index is -0.181. The maximum atomic E-state index is 14.0. The Morgan fingerprint density at radius 3 is 2.89 bits per heavy atom. The Hall–Kier alpha value is -1.09. The molecule has 1 aromatic carbocycles. The lowest BCUT2D eigenvalue weighted by Gasteiger charge is -2.19. The van der Waals surface area contributed by atoms with Gasteiger partial charge >= 0.3 is 0 Å². The summed E-state index contributed by atoms with van der Waals surface area (Å²) in [5, 5.41) is 3.32. The molecule has 1 unspecified atom stereocenters. The van der Waals surface area contributed by atoms with Crippen LogP contribution in [-0.2, 0) is 0 Å². The minimum absolute atomic E-state index is 0.0166. The molecule has 2 rings (SSSR count). The van der Waals surface area contributed by atoms with Crippen molar-refractivity contribution in [3.05, 3.63) is 29.6 Å². The quantitative estimate of drug-likeness (QED) is 0.765. The first kappa shape index (κ1) is 14.3. The Balaban J connectivity index is 2.00. The summed E-state index contributed by atoms with van der Waals surface area (Å²) < 4.78 is 19.8. The van der Waals surface area contributed by atoms with Gasteiger partial charge in [0.2, 0.25) is 0 Å². The molecule has 1 atom stereocenters. The summed E-state index contributed by atoms with van der Waals surface area (Å²) in [6.45, 7) is 5.68. The smallest absolute Gasteiger partial charge is 0.131 e. The van der Waals surface area contributed by atoms with Crippen LogP contribution in [0.15, 0.2) is 18.2 Å². The SMILES string of the molecule is CCCNC(C)c1c(F)cccc1OCCC1CC1. The fourth-order valence-electron chi connectivity index (χ4n) is 2.27. The molecule has 1 aliphatic rings. The number of hydrogen-bond donors (Lipinski definition) is 1. The third kappa shape index (κ3) is 4.20. The van der Waals surface area contributed by atoms with Crippen molar-refractivity contribution < 1.29 is 9.13 Å². The van der Waals surface area contributed by atoms with Gasteiger partial charge in [0, 0.05) is 11.6 Å². The Bertz CT molecular complexity index is 404. The van der Waals surface area contributed by atoms with Gasteiger partial charge in [-0.25, -0.2) is 4.39 Å². The maximum absolute atomic E-state index is 14.0. The van der Waals surface area contributed by atoms with E-state index in [0.29, 0.717) is 17.9 Å². The molecule has 0 heterocycles. The van der Waals surface area contributed by atoms with Crippen molar-refractivity contribution in [1.29, 1.82) is 0 Å². The molecule has 19 heavy (non-hydrogen) atoms. The molecule has 1 N–H and O–H groups in total. The predicted molar refractivity (Wildman–Crippen MR) is 75.9 cm³/mol. The van der Waals surface area contributed by atoms with Gasteiger partial charge < -0.3 is 10.1 Å². The topological polar surface area (TPSA) is 21.3 Å². The van der Waals surface area contributed by atoms with E-state index in [4.69, 9.17) is 4.74 Å². The number of nitrogens with one attached hydrogen (secondary N) is 1. The maximum Gasteiger partial charge on any atom is 0.131 e. The van der Waals surface area contributed by atoms with Crippen LogP contribution >= 0.6 is 0 Å². The summed E-state index contributed by atoms with van der Waals surface area (Å²) in [5.74, 6) is 1.35. The zero-order chi connectivity index (χ0) is 13.7. The highest BCUT2D eigenvalue weighted by Crippen LogP contribution is 2.33. The molecule has 0 radical (unpaired) electrons. The van der Waals surface area contributed by atoms with E-state index in [1.165, 1.54) is 18.9 Å². The summed E-state index contributed by atoms with van der Waals surface area (Å²) in [4.78, 5) is 0. The largest absolute Gasteiger partial charge is 0.493 e. The van der Waals surface area contributed by atoms with Gasteiger partial charge in [0.05, 0.1) is 6.61 Å². The van der Waals surface area contributed by atoms with Gasteiger partial charge in [-0.1, -0.05) is 25.8 Å². The minimum Gasteiger partial charge on any atom is -0.493 e. The monoisotopic (exact) mass is 265 g/mol. The summed E-state index contributed by atoms with van der Waals surface area (Å²) in [7, 11) is 0. The van der Waals surface area contributed by atoms with Crippen LogP contribution in [0.1, 0.15) is 51.1 Å². The highest BCUT2D eigenvalue weighted by atomic mass is 19.1. The second-order valence-corrected chi connectivity index (χ2v) is 5.41. The third-order valence-electron chi connectivity index (χ3n) is 3.63. The van der Waals surface area contributed by atoms with Gasteiger partial charge in [0.15, 0.2) is 0 Å². The summed E-state index contributed by atoms with van der Waals surface area (Å²) in [6, 6.07) is 5.08. The van der Waals surface area contributed by atoms with Crippen LogP contribution in [0.3, 0.4) is 0 Å². The standard InChI is InChI=1S/C16H24FNO/c1-3-10-18-12(2)16-14(17)5-4-6-15(16)19-11-9-13-7-8-13/h4-6,12-13,18H,3,7-11H2,1-2H3. The van der Waals surface area contributed by atoms with Crippen molar-refractivity contribution in [2.45, 2.75) is 45.6 Å². The molecule has 1 aromatic rings. The Labute approximate surface area is 115 Å². The molecular formula is C16H24FNO. The molecule has 0 bridgehead atoms. The predicted octanol–water partition coefficient (Wildman–Crippen LogP) is 4.07. The van der Waals surface area contributed by atoms with Crippen LogP contribution in [0.25, 0.3) is 0 Å². The molecule has 106 valence electrons. The summed E-state index contributed by atoms with van der Waals surface area (Å²) in [5.41, 5.74) is 0.659. The van der Waals surface area contributed by atoms with Crippen LogP contribution in [0.4, 0.5) is 4.39 Å². The lowest BCUT2D eigenvalue weighted by molar-refractivity contribution is 0.294. The van der Waals surface area contributed by atoms with Crippen LogP contribution in [0.2, 0.25) is 0 Å². The third-order valence-corrected chi connectivity index (χ3v) is 3.63. The van der Waals surface area contributed by atoms with E-state index in [0.717, 1.165) is 25.3 Å². The molecule has 2 nitrogen and oxygen atoms in total. The molecular weight excluding hydrogens is 241 g/mol. The van der Waals surface area contributed by atoms with Gasteiger partial charge in [0.25, 0.3) is 0 Å². The van der Waals surface area contributed by atoms with E-state index < -0.39 is 0 Å². The molecule has 1 aliphatic carbocycles. The molecule has 0 saturated heterocycles. The Morgan fingerprint density at radius 2 is 2.21 bits per heavy atom. The molecule has 0 spiro atoms. The highest BCUT2D eigenvalue weighted by Gasteiger charge is 2.21. The first-order valence-corrected chi connectivity index (χ1v) is 7.37. The zero-order valence-electron chi connectivity index (χ0n) is 11.9. The number of benzene rings is 1. The van der Waals surface area contributed by atoms with E-state index in [1.54, 1.807) is 6.07 Å². The highest BCUT2D eigenvalue weighted by molar-refractivity contribution is 5.37. The number of ether oxygens (including phenoxy) is 1. The first-order valence-electron chi connectivity index (χ1n) is 7.37. The normalized spacial score (nSPS) is 16.4. The van der Waals surface area contributed by atoms with E-state index in [2.05, 4.69) is 12.2 Å². The molecule has 0 amide bonds. The van der Waals surface area contributed by atoms with Gasteiger partial charge in [-0.15, -0.1) is 0 Å². The van der Waals surface area contributed by atoms with Crippen molar-refractivity contribution >= 4 is 0 Å². The van der Waals surface area contributed by atoms with Crippen molar-refractivity contribution in [3.63, 3.8) is 0 Å². The molecule has 1 saturated carbocycles. The van der Waals surface area contributed by atoms with E-state index in [9.17, 15) is 4.39 Å². The number of halogens is 1. The number of rotatable bonds is 8. The van der Waals surface area contributed by atoms with E-state index >= 15 is 0 Å². The van der Waals surface area contributed by atoms with Gasteiger partial charge in [-0.3, -0.25) is 0 Å². The number of hydrogen-bond acceptors (Lipinski definition) is 2. The van der Waals surface area contributed by atoms with Crippen molar-refractivity contribution in [2.24, 2.45) is 5.92 Å². The molecule has 1 fully saturated rings. The van der Waals surface area contributed by atoms with Crippen molar-refractivity contribution in [1.82, 2.24) is 5.32 Å². The zero-order valence-corrected chi connectivity index (χ0v) is 11.9. The van der Waals surface area contributed by atoms with Gasteiger partial charge in [-0.2, -0.15) is 0 Å². The summed E-state index contributed by atoms with van der Waals surface area (Å²) in [6.07, 6.45) is 4.78. The molecule has 3 heteroatoms. The first-order chi connectivity index (χ1) is 9.22. The van der Waals surface area contributed by atoms with Gasteiger partial charge in [-0.05, 0) is 44.4 Å². The Kier molecular flexibility index (Phi) is 5.20. The van der Waals surface area contributed by atoms with Crippen molar-refractivity contribution in [2.75, 3.05) is 13.2 Å².